The number of aromatic hydroxyl groups is 1. The third-order valence-electron chi connectivity index (χ3n) is 9.57. The second-order valence-electron chi connectivity index (χ2n) is 11.5. The quantitative estimate of drug-likeness (QED) is 0.320. The number of likely N-dealkylation sites (tertiary alicyclic amines) is 1. The van der Waals surface area contributed by atoms with E-state index in [9.17, 15) is 24.3 Å². The van der Waals surface area contributed by atoms with Crippen LogP contribution in [0.5, 0.6) is 5.75 Å². The minimum Gasteiger partial charge on any atom is -0.508 e. The van der Waals surface area contributed by atoms with E-state index in [2.05, 4.69) is 0 Å². The summed E-state index contributed by atoms with van der Waals surface area (Å²) in [6.07, 6.45) is 2.67. The number of allylic oxidation sites excluding steroid dienone is 2. The van der Waals surface area contributed by atoms with Gasteiger partial charge in [-0.05, 0) is 67.0 Å². The Bertz CT molecular complexity index is 1640. The molecule has 4 amide bonds. The molecule has 1 N–H and O–H groups in total. The average molecular weight is 587 g/mol. The number of imide groups is 2. The predicted octanol–water partition coefficient (Wildman–Crippen LogP) is 5.54. The maximum absolute atomic E-state index is 14.3. The fourth-order valence-corrected chi connectivity index (χ4v) is 8.69. The number of carbonyl (C=O) groups excluding carboxylic acids is 4. The molecular formula is C32H27ClN2O5S. The zero-order chi connectivity index (χ0) is 28.6. The van der Waals surface area contributed by atoms with Gasteiger partial charge < -0.3 is 5.11 Å². The first-order valence-corrected chi connectivity index (χ1v) is 15.0. The number of thiophene rings is 1. The molecule has 0 radical (unpaired) electrons. The zero-order valence-corrected chi connectivity index (χ0v) is 23.8. The van der Waals surface area contributed by atoms with Crippen molar-refractivity contribution in [2.75, 3.05) is 4.90 Å². The highest BCUT2D eigenvalue weighted by Crippen LogP contribution is 2.64. The maximum Gasteiger partial charge on any atom is 0.241 e. The molecule has 0 unspecified atom stereocenters. The molecule has 7 rings (SSSR count). The molecule has 2 saturated heterocycles. The van der Waals surface area contributed by atoms with E-state index < -0.39 is 35.0 Å². The monoisotopic (exact) mass is 586 g/mol. The van der Waals surface area contributed by atoms with Crippen LogP contribution in [0.1, 0.15) is 36.1 Å². The van der Waals surface area contributed by atoms with E-state index in [1.54, 1.807) is 30.3 Å². The van der Waals surface area contributed by atoms with Gasteiger partial charge >= 0.3 is 0 Å². The van der Waals surface area contributed by atoms with Crippen LogP contribution in [0.4, 0.5) is 5.69 Å². The average Bonchev–Trinajstić information content (AvgIpc) is 3.61. The van der Waals surface area contributed by atoms with Crippen LogP contribution in [0.3, 0.4) is 0 Å². The number of amides is 4. The molecule has 0 bridgehead atoms. The number of nitrogens with zero attached hydrogens (tertiary/aromatic N) is 2. The highest BCUT2D eigenvalue weighted by atomic mass is 35.5. The van der Waals surface area contributed by atoms with Gasteiger partial charge in [0.15, 0.2) is 0 Å². The van der Waals surface area contributed by atoms with E-state index in [1.165, 1.54) is 33.3 Å². The Kier molecular flexibility index (Phi) is 5.99. The lowest BCUT2D eigenvalue weighted by Crippen LogP contribution is -2.49. The number of anilines is 1. The van der Waals surface area contributed by atoms with E-state index in [0.717, 1.165) is 10.5 Å². The summed E-state index contributed by atoms with van der Waals surface area (Å²) < 4.78 is 0. The van der Waals surface area contributed by atoms with Gasteiger partial charge in [0.05, 0.1) is 35.4 Å². The van der Waals surface area contributed by atoms with Gasteiger partial charge in [-0.3, -0.25) is 24.1 Å². The third-order valence-corrected chi connectivity index (χ3v) is 10.8. The van der Waals surface area contributed by atoms with Crippen molar-refractivity contribution in [1.29, 1.82) is 0 Å². The van der Waals surface area contributed by atoms with Gasteiger partial charge in [0, 0.05) is 15.8 Å². The topological polar surface area (TPSA) is 95.0 Å². The van der Waals surface area contributed by atoms with Gasteiger partial charge in [0.2, 0.25) is 23.6 Å². The first-order chi connectivity index (χ1) is 19.7. The van der Waals surface area contributed by atoms with Crippen molar-refractivity contribution in [1.82, 2.24) is 4.90 Å². The van der Waals surface area contributed by atoms with E-state index in [1.807, 2.05) is 36.6 Å². The molecule has 41 heavy (non-hydrogen) atoms. The largest absolute Gasteiger partial charge is 0.508 e. The molecule has 1 aromatic heterocycles. The summed E-state index contributed by atoms with van der Waals surface area (Å²) in [6, 6.07) is 17.3. The fraction of sp³-hybridized carbons (Fsp3) is 0.312. The van der Waals surface area contributed by atoms with Crippen LogP contribution < -0.4 is 4.90 Å². The summed E-state index contributed by atoms with van der Waals surface area (Å²) in [4.78, 5) is 59.5. The normalized spacial score (nSPS) is 30.8. The zero-order valence-electron chi connectivity index (χ0n) is 22.2. The molecule has 4 aliphatic rings. The summed E-state index contributed by atoms with van der Waals surface area (Å²) in [5.41, 5.74) is 0.811. The Morgan fingerprint density at radius 2 is 1.76 bits per heavy atom. The SMILES string of the molecule is C[C@@]12C(=O)N(c3ccccc3)C(=O)[C@@H]1C[C@@H]1C(=CC[C@@H]3C(=O)N(Cc4cccs4)C(=O)[C@@H]31)[C@@H]2c1ccc(O)cc1Cl. The summed E-state index contributed by atoms with van der Waals surface area (Å²) in [6.45, 7) is 2.06. The number of carbonyl (C=O) groups is 4. The molecule has 2 aliphatic heterocycles. The Morgan fingerprint density at radius 3 is 2.46 bits per heavy atom. The molecule has 3 heterocycles. The Labute approximate surface area is 246 Å². The van der Waals surface area contributed by atoms with Crippen molar-refractivity contribution in [2.45, 2.75) is 32.2 Å². The molecule has 6 atom stereocenters. The number of halogens is 1. The van der Waals surface area contributed by atoms with Crippen molar-refractivity contribution in [2.24, 2.45) is 29.1 Å². The van der Waals surface area contributed by atoms with E-state index >= 15 is 0 Å². The first-order valence-electron chi connectivity index (χ1n) is 13.7. The molecule has 3 aromatic rings. The van der Waals surface area contributed by atoms with Crippen molar-refractivity contribution in [3.63, 3.8) is 0 Å². The van der Waals surface area contributed by atoms with Crippen LogP contribution in [0, 0.1) is 29.1 Å². The highest BCUT2D eigenvalue weighted by Gasteiger charge is 2.67. The Balaban J connectivity index is 1.36. The first kappa shape index (κ1) is 26.2. The Hall–Kier alpha value is -3.75. The van der Waals surface area contributed by atoms with Crippen LogP contribution in [0.15, 0.2) is 77.7 Å². The molecule has 2 aromatic carbocycles. The summed E-state index contributed by atoms with van der Waals surface area (Å²) in [7, 11) is 0. The van der Waals surface area contributed by atoms with Crippen molar-refractivity contribution >= 4 is 52.3 Å². The van der Waals surface area contributed by atoms with Crippen molar-refractivity contribution < 1.29 is 24.3 Å². The standard InChI is InChI=1S/C32H27ClN2O5S/c1-32-24(29(38)35(31(32)40)17-6-3-2-4-7-17)15-23-20(27(32)21-10-9-18(36)14-25(21)33)11-12-22-26(23)30(39)34(28(22)37)16-19-8-5-13-41-19/h2-11,13-14,22-24,26-27,36H,12,15-16H2,1H3/t22-,23+,24-,26-,27+,32+/m0/s1. The molecule has 9 heteroatoms. The van der Waals surface area contributed by atoms with Crippen molar-refractivity contribution in [3.8, 4) is 5.75 Å². The Morgan fingerprint density at radius 1 is 0.976 bits per heavy atom. The molecule has 2 aliphatic carbocycles. The minimum atomic E-state index is -1.18. The maximum atomic E-state index is 14.3. The summed E-state index contributed by atoms with van der Waals surface area (Å²) in [5, 5.41) is 12.3. The number of rotatable bonds is 4. The van der Waals surface area contributed by atoms with Crippen LogP contribution in [-0.2, 0) is 25.7 Å². The minimum absolute atomic E-state index is 0.00831. The van der Waals surface area contributed by atoms with Crippen LogP contribution in [-0.4, -0.2) is 33.6 Å². The van der Waals surface area contributed by atoms with Gasteiger partial charge in [-0.15, -0.1) is 11.3 Å². The lowest BCUT2D eigenvalue weighted by molar-refractivity contribution is -0.141. The van der Waals surface area contributed by atoms with Gasteiger partial charge in [-0.1, -0.05) is 53.6 Å². The molecule has 0 spiro atoms. The van der Waals surface area contributed by atoms with Gasteiger partial charge in [0.25, 0.3) is 0 Å². The number of fused-ring (bicyclic) bond motifs is 4. The molecule has 208 valence electrons. The van der Waals surface area contributed by atoms with Gasteiger partial charge in [-0.25, -0.2) is 4.90 Å². The number of para-hydroxylation sites is 1. The second-order valence-corrected chi connectivity index (χ2v) is 13.0. The summed E-state index contributed by atoms with van der Waals surface area (Å²) in [5.74, 6) is -3.90. The third kappa shape index (κ3) is 3.70. The number of hydrogen-bond acceptors (Lipinski definition) is 6. The van der Waals surface area contributed by atoms with Gasteiger partial charge in [-0.2, -0.15) is 0 Å². The number of benzene rings is 2. The molecule has 3 fully saturated rings. The number of phenolic OH excluding ortho intramolecular Hbond substituents is 1. The van der Waals surface area contributed by atoms with Crippen LogP contribution in [0.25, 0.3) is 0 Å². The summed E-state index contributed by atoms with van der Waals surface area (Å²) >= 11 is 8.22. The smallest absolute Gasteiger partial charge is 0.241 e. The van der Waals surface area contributed by atoms with E-state index in [0.29, 0.717) is 17.7 Å². The predicted molar refractivity (Wildman–Crippen MR) is 154 cm³/mol. The lowest BCUT2D eigenvalue weighted by Gasteiger charge is -2.49. The highest BCUT2D eigenvalue weighted by molar-refractivity contribution is 7.09. The van der Waals surface area contributed by atoms with Crippen LogP contribution in [0.2, 0.25) is 5.02 Å². The molecular weight excluding hydrogens is 560 g/mol. The number of phenols is 1. The lowest BCUT2D eigenvalue weighted by atomic mass is 9.51. The van der Waals surface area contributed by atoms with Crippen LogP contribution >= 0.6 is 22.9 Å². The van der Waals surface area contributed by atoms with E-state index in [-0.39, 0.29) is 47.4 Å². The molecule has 7 nitrogen and oxygen atoms in total. The fourth-order valence-electron chi connectivity index (χ4n) is 7.71. The molecule has 1 saturated carbocycles. The second kappa shape index (κ2) is 9.39. The number of hydrogen-bond donors (Lipinski definition) is 1. The van der Waals surface area contributed by atoms with Gasteiger partial charge in [0.1, 0.15) is 5.75 Å². The van der Waals surface area contributed by atoms with E-state index in [4.69, 9.17) is 11.6 Å². The van der Waals surface area contributed by atoms with Crippen molar-refractivity contribution in [3.05, 3.63) is 93.2 Å².